The summed E-state index contributed by atoms with van der Waals surface area (Å²) in [5.74, 6) is -1.60. The quantitative estimate of drug-likeness (QED) is 0.660. The molecule has 0 bridgehead atoms. The van der Waals surface area contributed by atoms with E-state index in [0.29, 0.717) is 25.2 Å². The molecule has 1 atom stereocenters. The van der Waals surface area contributed by atoms with Crippen LogP contribution in [0.1, 0.15) is 43.5 Å². The third kappa shape index (κ3) is 5.54. The van der Waals surface area contributed by atoms with Gasteiger partial charge in [-0.25, -0.2) is 4.79 Å². The van der Waals surface area contributed by atoms with Gasteiger partial charge in [-0.1, -0.05) is 19.1 Å². The molecule has 0 unspecified atom stereocenters. The first-order valence-electron chi connectivity index (χ1n) is 9.07. The Balaban J connectivity index is 1.91. The largest absolute Gasteiger partial charge is 0.452 e. The molecule has 1 aromatic rings. The van der Waals surface area contributed by atoms with Crippen molar-refractivity contribution in [2.45, 2.75) is 39.2 Å². The number of nitrogens with zero attached hydrogens (tertiary/aromatic N) is 1. The summed E-state index contributed by atoms with van der Waals surface area (Å²) in [5, 5.41) is 5.15. The highest BCUT2D eigenvalue weighted by molar-refractivity contribution is 6.04. The van der Waals surface area contributed by atoms with Crippen LogP contribution in [0.25, 0.3) is 0 Å². The fourth-order valence-electron chi connectivity index (χ4n) is 2.74. The van der Waals surface area contributed by atoms with Crippen molar-refractivity contribution in [2.24, 2.45) is 0 Å². The Bertz CT molecular complexity index is 719. The predicted molar refractivity (Wildman–Crippen MR) is 99.2 cm³/mol. The van der Waals surface area contributed by atoms with Crippen LogP contribution in [-0.2, 0) is 19.1 Å². The van der Waals surface area contributed by atoms with E-state index in [4.69, 9.17) is 4.74 Å². The summed E-state index contributed by atoms with van der Waals surface area (Å²) in [6.07, 6.45) is 1.98. The molecule has 0 aliphatic carbocycles. The molecular formula is C19H25N3O5. The SMILES string of the molecule is CCCNC(=O)[C@H](C)NC(=O)COC(=O)c1ccccc1N1CCCC1=O. The van der Waals surface area contributed by atoms with Gasteiger partial charge in [-0.05, 0) is 31.9 Å². The van der Waals surface area contributed by atoms with E-state index in [1.54, 1.807) is 36.1 Å². The van der Waals surface area contributed by atoms with Gasteiger partial charge in [-0.3, -0.25) is 14.4 Å². The van der Waals surface area contributed by atoms with E-state index in [2.05, 4.69) is 10.6 Å². The molecule has 1 aliphatic heterocycles. The molecule has 1 aliphatic rings. The number of para-hydroxylation sites is 1. The molecule has 2 rings (SSSR count). The van der Waals surface area contributed by atoms with Crippen molar-refractivity contribution in [3.8, 4) is 0 Å². The van der Waals surface area contributed by atoms with Crippen LogP contribution in [0.5, 0.6) is 0 Å². The monoisotopic (exact) mass is 375 g/mol. The molecule has 1 heterocycles. The zero-order valence-electron chi connectivity index (χ0n) is 15.6. The molecule has 0 spiro atoms. The zero-order chi connectivity index (χ0) is 19.8. The Morgan fingerprint density at radius 3 is 2.67 bits per heavy atom. The lowest BCUT2D eigenvalue weighted by molar-refractivity contribution is -0.130. The van der Waals surface area contributed by atoms with Crippen molar-refractivity contribution in [1.82, 2.24) is 10.6 Å². The van der Waals surface area contributed by atoms with E-state index in [9.17, 15) is 19.2 Å². The highest BCUT2D eigenvalue weighted by Crippen LogP contribution is 2.25. The molecule has 8 nitrogen and oxygen atoms in total. The second-order valence-corrected chi connectivity index (χ2v) is 6.32. The number of benzene rings is 1. The van der Waals surface area contributed by atoms with Crippen LogP contribution in [-0.4, -0.2) is 49.4 Å². The van der Waals surface area contributed by atoms with Crippen molar-refractivity contribution >= 4 is 29.4 Å². The van der Waals surface area contributed by atoms with Crippen LogP contribution >= 0.6 is 0 Å². The van der Waals surface area contributed by atoms with E-state index in [1.165, 1.54) is 0 Å². The Morgan fingerprint density at radius 1 is 1.26 bits per heavy atom. The minimum atomic E-state index is -0.725. The first-order chi connectivity index (χ1) is 12.9. The number of amides is 3. The number of esters is 1. The van der Waals surface area contributed by atoms with Gasteiger partial charge in [-0.15, -0.1) is 0 Å². The predicted octanol–water partition coefficient (Wildman–Crippen LogP) is 1.00. The van der Waals surface area contributed by atoms with Crippen LogP contribution in [0.15, 0.2) is 24.3 Å². The number of ether oxygens (including phenoxy) is 1. The molecule has 1 saturated heterocycles. The topological polar surface area (TPSA) is 105 Å². The lowest BCUT2D eigenvalue weighted by Gasteiger charge is -2.19. The van der Waals surface area contributed by atoms with Crippen molar-refractivity contribution in [3.05, 3.63) is 29.8 Å². The number of nitrogens with one attached hydrogen (secondary N) is 2. The first kappa shape index (κ1) is 20.4. The second kappa shape index (κ2) is 9.70. The number of rotatable bonds is 8. The van der Waals surface area contributed by atoms with Gasteiger partial charge < -0.3 is 20.3 Å². The standard InChI is InChI=1S/C19H25N3O5/c1-3-10-20-18(25)13(2)21-16(23)12-27-19(26)14-7-4-5-8-15(14)22-11-6-9-17(22)24/h4-5,7-8,13H,3,6,9-12H2,1-2H3,(H,20,25)(H,21,23)/t13-/m0/s1. The van der Waals surface area contributed by atoms with Gasteiger partial charge in [-0.2, -0.15) is 0 Å². The van der Waals surface area contributed by atoms with Gasteiger partial charge in [0.15, 0.2) is 6.61 Å². The van der Waals surface area contributed by atoms with Gasteiger partial charge >= 0.3 is 5.97 Å². The second-order valence-electron chi connectivity index (χ2n) is 6.32. The van der Waals surface area contributed by atoms with Gasteiger partial charge in [0.25, 0.3) is 5.91 Å². The maximum Gasteiger partial charge on any atom is 0.340 e. The van der Waals surface area contributed by atoms with Gasteiger partial charge in [0.1, 0.15) is 6.04 Å². The Morgan fingerprint density at radius 2 is 2.00 bits per heavy atom. The van der Waals surface area contributed by atoms with Crippen LogP contribution in [0.2, 0.25) is 0 Å². The van der Waals surface area contributed by atoms with E-state index in [-0.39, 0.29) is 17.4 Å². The lowest BCUT2D eigenvalue weighted by Crippen LogP contribution is -2.46. The Labute approximate surface area is 158 Å². The highest BCUT2D eigenvalue weighted by atomic mass is 16.5. The van der Waals surface area contributed by atoms with Crippen LogP contribution in [0, 0.1) is 0 Å². The van der Waals surface area contributed by atoms with Crippen LogP contribution < -0.4 is 15.5 Å². The molecule has 1 fully saturated rings. The molecule has 0 saturated carbocycles. The van der Waals surface area contributed by atoms with Gasteiger partial charge in [0.2, 0.25) is 11.8 Å². The van der Waals surface area contributed by atoms with Crippen molar-refractivity contribution in [3.63, 3.8) is 0 Å². The summed E-state index contributed by atoms with van der Waals surface area (Å²) in [7, 11) is 0. The maximum absolute atomic E-state index is 12.4. The van der Waals surface area contributed by atoms with Crippen LogP contribution in [0.4, 0.5) is 5.69 Å². The minimum absolute atomic E-state index is 0.0418. The zero-order valence-corrected chi connectivity index (χ0v) is 15.6. The summed E-state index contributed by atoms with van der Waals surface area (Å²) in [5.41, 5.74) is 0.715. The van der Waals surface area contributed by atoms with E-state index >= 15 is 0 Å². The third-order valence-electron chi connectivity index (χ3n) is 4.14. The smallest absolute Gasteiger partial charge is 0.340 e. The average Bonchev–Trinajstić information content (AvgIpc) is 3.09. The fourth-order valence-corrected chi connectivity index (χ4v) is 2.74. The number of hydrogen-bond donors (Lipinski definition) is 2. The summed E-state index contributed by atoms with van der Waals surface area (Å²) in [6.45, 7) is 4.05. The Hall–Kier alpha value is -2.90. The molecule has 3 amide bonds. The average molecular weight is 375 g/mol. The lowest BCUT2D eigenvalue weighted by atomic mass is 10.1. The summed E-state index contributed by atoms with van der Waals surface area (Å²) in [4.78, 5) is 49.6. The third-order valence-corrected chi connectivity index (χ3v) is 4.14. The van der Waals surface area contributed by atoms with Crippen molar-refractivity contribution in [2.75, 3.05) is 24.6 Å². The molecule has 2 N–H and O–H groups in total. The van der Waals surface area contributed by atoms with Crippen molar-refractivity contribution < 1.29 is 23.9 Å². The Kier molecular flexibility index (Phi) is 7.34. The van der Waals surface area contributed by atoms with E-state index in [0.717, 1.165) is 12.8 Å². The number of carbonyl (C=O) groups excluding carboxylic acids is 4. The minimum Gasteiger partial charge on any atom is -0.452 e. The van der Waals surface area contributed by atoms with Gasteiger partial charge in [0, 0.05) is 19.5 Å². The van der Waals surface area contributed by atoms with Gasteiger partial charge in [0.05, 0.1) is 11.3 Å². The molecule has 1 aromatic carbocycles. The summed E-state index contributed by atoms with van der Waals surface area (Å²) < 4.78 is 5.07. The summed E-state index contributed by atoms with van der Waals surface area (Å²) in [6, 6.07) is 5.92. The highest BCUT2D eigenvalue weighted by Gasteiger charge is 2.26. The molecule has 0 aromatic heterocycles. The molecule has 8 heteroatoms. The normalized spacial score (nSPS) is 14.6. The maximum atomic E-state index is 12.4. The molecule has 0 radical (unpaired) electrons. The molecule has 146 valence electrons. The number of anilines is 1. The summed E-state index contributed by atoms with van der Waals surface area (Å²) >= 11 is 0. The fraction of sp³-hybridized carbons (Fsp3) is 0.474. The number of carbonyl (C=O) groups is 4. The molecule has 27 heavy (non-hydrogen) atoms. The van der Waals surface area contributed by atoms with E-state index < -0.39 is 24.5 Å². The van der Waals surface area contributed by atoms with Crippen LogP contribution in [0.3, 0.4) is 0 Å². The first-order valence-corrected chi connectivity index (χ1v) is 9.07. The molecular weight excluding hydrogens is 350 g/mol. The van der Waals surface area contributed by atoms with E-state index in [1.807, 2.05) is 6.92 Å². The van der Waals surface area contributed by atoms with Crippen molar-refractivity contribution in [1.29, 1.82) is 0 Å². The number of hydrogen-bond acceptors (Lipinski definition) is 5.